The fourth-order valence-corrected chi connectivity index (χ4v) is 4.13. The van der Waals surface area contributed by atoms with Gasteiger partial charge in [-0.3, -0.25) is 0 Å². The van der Waals surface area contributed by atoms with E-state index in [2.05, 4.69) is 4.72 Å². The van der Waals surface area contributed by atoms with Crippen molar-refractivity contribution in [1.29, 1.82) is 0 Å². The first-order valence-electron chi connectivity index (χ1n) is 6.49. The SMILES string of the molecule is COc1ccc(S(=O)(=O)N[C@@H]2C[C@@H]3OCC[C@@H]32)cc1F. The van der Waals surface area contributed by atoms with Crippen LogP contribution in [0.5, 0.6) is 5.75 Å². The van der Waals surface area contributed by atoms with Crippen LogP contribution in [0.2, 0.25) is 0 Å². The molecule has 1 aliphatic carbocycles. The molecule has 2 aliphatic rings. The summed E-state index contributed by atoms with van der Waals surface area (Å²) in [5, 5.41) is 0. The van der Waals surface area contributed by atoms with Gasteiger partial charge < -0.3 is 9.47 Å². The minimum atomic E-state index is -3.71. The highest BCUT2D eigenvalue weighted by Gasteiger charge is 2.46. The maximum absolute atomic E-state index is 13.6. The summed E-state index contributed by atoms with van der Waals surface area (Å²) in [5.74, 6) is -0.421. The van der Waals surface area contributed by atoms with Crippen molar-refractivity contribution < 1.29 is 22.3 Å². The van der Waals surface area contributed by atoms with Gasteiger partial charge in [0.05, 0.1) is 18.1 Å². The van der Waals surface area contributed by atoms with Gasteiger partial charge >= 0.3 is 0 Å². The minimum absolute atomic E-state index is 0.0249. The Morgan fingerprint density at radius 3 is 2.90 bits per heavy atom. The summed E-state index contributed by atoms with van der Waals surface area (Å²) in [6, 6.07) is 3.51. The van der Waals surface area contributed by atoms with Crippen molar-refractivity contribution >= 4 is 10.0 Å². The van der Waals surface area contributed by atoms with Crippen LogP contribution in [0.15, 0.2) is 23.1 Å². The van der Waals surface area contributed by atoms with Crippen LogP contribution in [0.4, 0.5) is 4.39 Å². The van der Waals surface area contributed by atoms with Gasteiger partial charge in [-0.2, -0.15) is 0 Å². The molecule has 1 heterocycles. The molecule has 1 N–H and O–H groups in total. The molecule has 0 bridgehead atoms. The first-order valence-corrected chi connectivity index (χ1v) is 7.97. The molecule has 1 saturated heterocycles. The van der Waals surface area contributed by atoms with Gasteiger partial charge in [-0.15, -0.1) is 0 Å². The molecule has 1 aromatic carbocycles. The molecule has 3 atom stereocenters. The fourth-order valence-electron chi connectivity index (χ4n) is 2.81. The molecule has 20 heavy (non-hydrogen) atoms. The Morgan fingerprint density at radius 1 is 1.45 bits per heavy atom. The number of rotatable bonds is 4. The number of benzene rings is 1. The van der Waals surface area contributed by atoms with Crippen molar-refractivity contribution in [2.75, 3.05) is 13.7 Å². The second-order valence-corrected chi connectivity index (χ2v) is 6.84. The largest absolute Gasteiger partial charge is 0.494 e. The van der Waals surface area contributed by atoms with Gasteiger partial charge in [0.1, 0.15) is 0 Å². The van der Waals surface area contributed by atoms with E-state index >= 15 is 0 Å². The molecule has 0 amide bonds. The lowest BCUT2D eigenvalue weighted by Crippen LogP contribution is -2.53. The van der Waals surface area contributed by atoms with Crippen molar-refractivity contribution in [3.63, 3.8) is 0 Å². The van der Waals surface area contributed by atoms with Gasteiger partial charge in [-0.25, -0.2) is 17.5 Å². The van der Waals surface area contributed by atoms with Gasteiger partial charge in [0.25, 0.3) is 0 Å². The van der Waals surface area contributed by atoms with Crippen LogP contribution in [-0.4, -0.2) is 34.3 Å². The standard InChI is InChI=1S/C13H16FNO4S/c1-18-12-3-2-8(6-10(12)14)20(16,17)15-11-7-13-9(11)4-5-19-13/h2-3,6,9,11,13,15H,4-5,7H2,1H3/t9-,11-,13+/m1/s1. The van der Waals surface area contributed by atoms with Crippen LogP contribution in [0.1, 0.15) is 12.8 Å². The summed E-state index contributed by atoms with van der Waals surface area (Å²) in [5.41, 5.74) is 0. The monoisotopic (exact) mass is 301 g/mol. The number of hydrogen-bond donors (Lipinski definition) is 1. The van der Waals surface area contributed by atoms with Crippen molar-refractivity contribution in [3.8, 4) is 5.75 Å². The third-order valence-corrected chi connectivity index (χ3v) is 5.49. The van der Waals surface area contributed by atoms with Crippen LogP contribution in [0.25, 0.3) is 0 Å². The zero-order chi connectivity index (χ0) is 14.3. The molecular weight excluding hydrogens is 285 g/mol. The Bertz CT molecular complexity index is 619. The average molecular weight is 301 g/mol. The molecule has 0 spiro atoms. The van der Waals surface area contributed by atoms with Gasteiger partial charge in [-0.05, 0) is 31.0 Å². The van der Waals surface area contributed by atoms with E-state index in [1.54, 1.807) is 0 Å². The van der Waals surface area contributed by atoms with Crippen LogP contribution >= 0.6 is 0 Å². The molecule has 3 rings (SSSR count). The number of nitrogens with one attached hydrogen (secondary N) is 1. The van der Waals surface area contributed by atoms with Crippen molar-refractivity contribution in [3.05, 3.63) is 24.0 Å². The number of halogens is 1. The van der Waals surface area contributed by atoms with E-state index in [4.69, 9.17) is 9.47 Å². The van der Waals surface area contributed by atoms with Gasteiger partial charge in [-0.1, -0.05) is 0 Å². The number of methoxy groups -OCH3 is 1. The second-order valence-electron chi connectivity index (χ2n) is 5.12. The van der Waals surface area contributed by atoms with Crippen LogP contribution in [0, 0.1) is 11.7 Å². The minimum Gasteiger partial charge on any atom is -0.494 e. The predicted molar refractivity (Wildman–Crippen MR) is 69.5 cm³/mol. The van der Waals surface area contributed by atoms with E-state index in [0.29, 0.717) is 13.0 Å². The van der Waals surface area contributed by atoms with E-state index in [9.17, 15) is 12.8 Å². The Balaban J connectivity index is 1.76. The molecule has 1 aromatic rings. The quantitative estimate of drug-likeness (QED) is 0.910. The van der Waals surface area contributed by atoms with E-state index in [1.165, 1.54) is 19.2 Å². The lowest BCUT2D eigenvalue weighted by molar-refractivity contribution is 0.0143. The van der Waals surface area contributed by atoms with Crippen LogP contribution in [-0.2, 0) is 14.8 Å². The Morgan fingerprint density at radius 2 is 2.25 bits per heavy atom. The average Bonchev–Trinajstić information content (AvgIpc) is 2.77. The van der Waals surface area contributed by atoms with Gasteiger partial charge in [0, 0.05) is 18.6 Å². The van der Waals surface area contributed by atoms with E-state index < -0.39 is 15.8 Å². The Hall–Kier alpha value is -1.18. The fraction of sp³-hybridized carbons (Fsp3) is 0.538. The maximum atomic E-state index is 13.6. The molecule has 7 heteroatoms. The normalized spacial score (nSPS) is 28.8. The first-order chi connectivity index (χ1) is 9.51. The molecule has 1 saturated carbocycles. The second kappa shape index (κ2) is 4.98. The lowest BCUT2D eigenvalue weighted by atomic mass is 9.77. The highest BCUT2D eigenvalue weighted by Crippen LogP contribution is 2.39. The van der Waals surface area contributed by atoms with Crippen molar-refractivity contribution in [1.82, 2.24) is 4.72 Å². The van der Waals surface area contributed by atoms with Crippen LogP contribution in [0.3, 0.4) is 0 Å². The Labute approximate surface area is 117 Å². The molecule has 2 fully saturated rings. The number of fused-ring (bicyclic) bond motifs is 1. The summed E-state index contributed by atoms with van der Waals surface area (Å²) in [6.07, 6.45) is 1.73. The zero-order valence-electron chi connectivity index (χ0n) is 11.0. The first kappa shape index (κ1) is 13.8. The molecule has 0 unspecified atom stereocenters. The molecule has 5 nitrogen and oxygen atoms in total. The van der Waals surface area contributed by atoms with Gasteiger partial charge in [0.2, 0.25) is 10.0 Å². The molecular formula is C13H16FNO4S. The highest BCUT2D eigenvalue weighted by molar-refractivity contribution is 7.89. The van der Waals surface area contributed by atoms with E-state index in [0.717, 1.165) is 12.5 Å². The molecule has 110 valence electrons. The van der Waals surface area contributed by atoms with E-state index in [-0.39, 0.29) is 28.7 Å². The Kier molecular flexibility index (Phi) is 3.43. The smallest absolute Gasteiger partial charge is 0.240 e. The third kappa shape index (κ3) is 2.30. The summed E-state index contributed by atoms with van der Waals surface area (Å²) in [6.45, 7) is 0.685. The summed E-state index contributed by atoms with van der Waals surface area (Å²) in [4.78, 5) is -0.0850. The van der Waals surface area contributed by atoms with Crippen molar-refractivity contribution in [2.45, 2.75) is 29.9 Å². The van der Waals surface area contributed by atoms with Gasteiger partial charge in [0.15, 0.2) is 11.6 Å². The number of ether oxygens (including phenoxy) is 2. The summed E-state index contributed by atoms with van der Waals surface area (Å²) in [7, 11) is -2.37. The lowest BCUT2D eigenvalue weighted by Gasteiger charge is -2.39. The maximum Gasteiger partial charge on any atom is 0.240 e. The number of sulfonamides is 1. The van der Waals surface area contributed by atoms with E-state index in [1.807, 2.05) is 0 Å². The summed E-state index contributed by atoms with van der Waals surface area (Å²) < 4.78 is 50.9. The molecule has 0 aromatic heterocycles. The molecule has 0 radical (unpaired) electrons. The summed E-state index contributed by atoms with van der Waals surface area (Å²) >= 11 is 0. The number of hydrogen-bond acceptors (Lipinski definition) is 4. The van der Waals surface area contributed by atoms with Crippen molar-refractivity contribution in [2.24, 2.45) is 5.92 Å². The predicted octanol–water partition coefficient (Wildman–Crippen LogP) is 1.29. The van der Waals surface area contributed by atoms with Crippen LogP contribution < -0.4 is 9.46 Å². The third-order valence-electron chi connectivity index (χ3n) is 4.00. The molecule has 1 aliphatic heterocycles. The zero-order valence-corrected chi connectivity index (χ0v) is 11.8. The topological polar surface area (TPSA) is 64.6 Å². The highest BCUT2D eigenvalue weighted by atomic mass is 32.2.